The first-order valence-corrected chi connectivity index (χ1v) is 7.79. The first-order chi connectivity index (χ1) is 10.1. The fraction of sp³-hybridized carbons (Fsp3) is 0.562. The van der Waals surface area contributed by atoms with Crippen molar-refractivity contribution in [1.29, 1.82) is 0 Å². The normalized spacial score (nSPS) is 29.0. The van der Waals surface area contributed by atoms with E-state index in [-0.39, 0.29) is 6.04 Å². The van der Waals surface area contributed by atoms with Gasteiger partial charge in [-0.3, -0.25) is 5.84 Å². The van der Waals surface area contributed by atoms with Crippen LogP contribution in [0.3, 0.4) is 0 Å². The highest BCUT2D eigenvalue weighted by molar-refractivity contribution is 6.03. The van der Waals surface area contributed by atoms with Gasteiger partial charge >= 0.3 is 0 Å². The zero-order valence-electron chi connectivity index (χ0n) is 12.9. The molecule has 0 aromatic heterocycles. The predicted molar refractivity (Wildman–Crippen MR) is 86.4 cm³/mol. The van der Waals surface area contributed by atoms with E-state index in [0.29, 0.717) is 12.0 Å². The zero-order chi connectivity index (χ0) is 14.8. The van der Waals surface area contributed by atoms with Crippen LogP contribution in [0, 0.1) is 5.92 Å². The molecule has 3 aliphatic rings. The van der Waals surface area contributed by atoms with E-state index in [1.165, 1.54) is 0 Å². The molecule has 0 saturated carbocycles. The van der Waals surface area contributed by atoms with Gasteiger partial charge in [0.25, 0.3) is 0 Å². The molecule has 114 valence electrons. The van der Waals surface area contributed by atoms with Gasteiger partial charge in [0.05, 0.1) is 11.8 Å². The SMILES string of the molecule is CC(C)CC1CN(C2=CNC3C=CC=CC3=N2)CCN1N. The number of rotatable bonds is 3. The number of allylic oxidation sites excluding steroid dienone is 2. The Hall–Kier alpha value is -1.59. The summed E-state index contributed by atoms with van der Waals surface area (Å²) in [7, 11) is 0. The van der Waals surface area contributed by atoms with Crippen LogP contribution in [-0.4, -0.2) is 47.3 Å². The van der Waals surface area contributed by atoms with Gasteiger partial charge in [0, 0.05) is 31.9 Å². The smallest absolute Gasteiger partial charge is 0.144 e. The number of nitrogens with zero attached hydrogens (tertiary/aromatic N) is 3. The first-order valence-electron chi connectivity index (χ1n) is 7.79. The van der Waals surface area contributed by atoms with Crippen LogP contribution in [0.25, 0.3) is 0 Å². The van der Waals surface area contributed by atoms with Crippen molar-refractivity contribution in [2.45, 2.75) is 32.4 Å². The molecule has 2 aliphatic heterocycles. The van der Waals surface area contributed by atoms with Crippen molar-refractivity contribution in [1.82, 2.24) is 15.2 Å². The molecule has 3 rings (SSSR count). The lowest BCUT2D eigenvalue weighted by Gasteiger charge is -2.41. The quantitative estimate of drug-likeness (QED) is 0.767. The van der Waals surface area contributed by atoms with Crippen LogP contribution in [0.4, 0.5) is 0 Å². The molecule has 2 unspecified atom stereocenters. The summed E-state index contributed by atoms with van der Waals surface area (Å²) in [6.07, 6.45) is 11.5. The topological polar surface area (TPSA) is 56.9 Å². The fourth-order valence-corrected chi connectivity index (χ4v) is 3.10. The molecule has 1 aliphatic carbocycles. The number of aliphatic imine (C=N–C) groups is 1. The first kappa shape index (κ1) is 14.4. The van der Waals surface area contributed by atoms with Gasteiger partial charge in [-0.25, -0.2) is 10.0 Å². The molecule has 0 aromatic rings. The van der Waals surface area contributed by atoms with Crippen molar-refractivity contribution in [2.24, 2.45) is 16.8 Å². The van der Waals surface area contributed by atoms with Gasteiger partial charge in [0.2, 0.25) is 0 Å². The Bertz CT molecular complexity index is 503. The van der Waals surface area contributed by atoms with Crippen molar-refractivity contribution in [2.75, 3.05) is 19.6 Å². The third-order valence-corrected chi connectivity index (χ3v) is 4.23. The maximum Gasteiger partial charge on any atom is 0.144 e. The van der Waals surface area contributed by atoms with Gasteiger partial charge in [-0.2, -0.15) is 0 Å². The molecule has 3 N–H and O–H groups in total. The van der Waals surface area contributed by atoms with Crippen molar-refractivity contribution in [3.8, 4) is 0 Å². The Balaban J connectivity index is 1.70. The molecule has 0 bridgehead atoms. The molecule has 0 radical (unpaired) electrons. The fourth-order valence-electron chi connectivity index (χ4n) is 3.10. The summed E-state index contributed by atoms with van der Waals surface area (Å²) in [6, 6.07) is 0.625. The molecule has 0 amide bonds. The van der Waals surface area contributed by atoms with E-state index in [1.807, 2.05) is 17.3 Å². The summed E-state index contributed by atoms with van der Waals surface area (Å²) in [4.78, 5) is 7.16. The monoisotopic (exact) mass is 287 g/mol. The number of hydrazine groups is 1. The molecule has 2 atom stereocenters. The van der Waals surface area contributed by atoms with E-state index in [2.05, 4.69) is 42.3 Å². The molecule has 1 fully saturated rings. The third-order valence-electron chi connectivity index (χ3n) is 4.23. The van der Waals surface area contributed by atoms with Crippen LogP contribution in [0.15, 0.2) is 41.3 Å². The Morgan fingerprint density at radius 1 is 1.38 bits per heavy atom. The van der Waals surface area contributed by atoms with E-state index in [0.717, 1.165) is 37.6 Å². The Morgan fingerprint density at radius 3 is 3.05 bits per heavy atom. The number of piperazine rings is 1. The van der Waals surface area contributed by atoms with Crippen LogP contribution in [0.2, 0.25) is 0 Å². The summed E-state index contributed by atoms with van der Waals surface area (Å²) in [6.45, 7) is 7.26. The summed E-state index contributed by atoms with van der Waals surface area (Å²) in [5.74, 6) is 7.83. The number of hydrogen-bond donors (Lipinski definition) is 2. The highest BCUT2D eigenvalue weighted by atomic mass is 15.5. The average molecular weight is 287 g/mol. The van der Waals surface area contributed by atoms with Crippen LogP contribution in [0.5, 0.6) is 0 Å². The number of nitrogens with two attached hydrogens (primary N) is 1. The van der Waals surface area contributed by atoms with Gasteiger partial charge in [-0.05, 0) is 18.4 Å². The number of hydrogen-bond acceptors (Lipinski definition) is 5. The average Bonchev–Trinajstić information content (AvgIpc) is 2.48. The van der Waals surface area contributed by atoms with Crippen LogP contribution in [0.1, 0.15) is 20.3 Å². The lowest BCUT2D eigenvalue weighted by atomic mass is 10.0. The van der Waals surface area contributed by atoms with E-state index >= 15 is 0 Å². The second kappa shape index (κ2) is 6.03. The molecule has 21 heavy (non-hydrogen) atoms. The van der Waals surface area contributed by atoms with Gasteiger partial charge < -0.3 is 10.2 Å². The van der Waals surface area contributed by atoms with Crippen molar-refractivity contribution < 1.29 is 0 Å². The summed E-state index contributed by atoms with van der Waals surface area (Å²) in [5, 5.41) is 5.41. The maximum atomic E-state index is 6.14. The largest absolute Gasteiger partial charge is 0.376 e. The summed E-state index contributed by atoms with van der Waals surface area (Å²) < 4.78 is 0. The lowest BCUT2D eigenvalue weighted by molar-refractivity contribution is 0.0803. The van der Waals surface area contributed by atoms with E-state index < -0.39 is 0 Å². The summed E-state index contributed by atoms with van der Waals surface area (Å²) in [5.41, 5.74) is 1.09. The van der Waals surface area contributed by atoms with Crippen LogP contribution >= 0.6 is 0 Å². The molecule has 2 heterocycles. The highest BCUT2D eigenvalue weighted by Gasteiger charge is 2.28. The van der Waals surface area contributed by atoms with E-state index in [1.54, 1.807) is 0 Å². The van der Waals surface area contributed by atoms with Crippen LogP contribution in [-0.2, 0) is 0 Å². The molecular weight excluding hydrogens is 262 g/mol. The second-order valence-corrected chi connectivity index (χ2v) is 6.39. The molecule has 5 nitrogen and oxygen atoms in total. The zero-order valence-corrected chi connectivity index (χ0v) is 12.9. The van der Waals surface area contributed by atoms with E-state index in [4.69, 9.17) is 10.8 Å². The molecule has 0 spiro atoms. The van der Waals surface area contributed by atoms with Gasteiger partial charge in [0.1, 0.15) is 5.82 Å². The highest BCUT2D eigenvalue weighted by Crippen LogP contribution is 2.20. The van der Waals surface area contributed by atoms with Gasteiger partial charge in [-0.15, -0.1) is 0 Å². The minimum atomic E-state index is 0.223. The van der Waals surface area contributed by atoms with Crippen molar-refractivity contribution >= 4 is 5.71 Å². The van der Waals surface area contributed by atoms with Crippen LogP contribution < -0.4 is 11.2 Å². The number of fused-ring (bicyclic) bond motifs is 1. The Labute approximate surface area is 126 Å². The Kier molecular flexibility index (Phi) is 4.12. The molecule has 1 saturated heterocycles. The van der Waals surface area contributed by atoms with Crippen molar-refractivity contribution in [3.63, 3.8) is 0 Å². The lowest BCUT2D eigenvalue weighted by Crippen LogP contribution is -2.56. The molecular formula is C16H25N5. The minimum absolute atomic E-state index is 0.223. The molecule has 5 heteroatoms. The number of nitrogens with one attached hydrogen (secondary N) is 1. The van der Waals surface area contributed by atoms with Gasteiger partial charge in [0.15, 0.2) is 0 Å². The second-order valence-electron chi connectivity index (χ2n) is 6.39. The predicted octanol–water partition coefficient (Wildman–Crippen LogP) is 1.23. The maximum absolute atomic E-state index is 6.14. The minimum Gasteiger partial charge on any atom is -0.376 e. The summed E-state index contributed by atoms with van der Waals surface area (Å²) >= 11 is 0. The van der Waals surface area contributed by atoms with E-state index in [9.17, 15) is 0 Å². The Morgan fingerprint density at radius 2 is 2.24 bits per heavy atom. The van der Waals surface area contributed by atoms with Gasteiger partial charge in [-0.1, -0.05) is 32.1 Å². The van der Waals surface area contributed by atoms with Crippen molar-refractivity contribution in [3.05, 3.63) is 36.3 Å². The molecule has 0 aromatic carbocycles. The standard InChI is InChI=1S/C16H25N5/c1-12(2)9-13-11-20(7-8-21(13)17)16-10-18-14-5-3-4-6-15(14)19-16/h3-6,10,12-14,18H,7-9,11,17H2,1-2H3. The third kappa shape index (κ3) is 3.19.